The molecule has 0 aromatic heterocycles. The lowest BCUT2D eigenvalue weighted by atomic mass is 9.64. The van der Waals surface area contributed by atoms with Gasteiger partial charge in [0.25, 0.3) is 0 Å². The number of nitrogens with one attached hydrogen (secondary N) is 1. The van der Waals surface area contributed by atoms with Crippen LogP contribution in [0.3, 0.4) is 0 Å². The Morgan fingerprint density at radius 1 is 1.15 bits per heavy atom. The molecule has 1 saturated carbocycles. The number of hydrogen-bond acceptors (Lipinski definition) is 4. The predicted molar refractivity (Wildman–Crippen MR) is 79.5 cm³/mol. The molecule has 20 heavy (non-hydrogen) atoms. The van der Waals surface area contributed by atoms with Gasteiger partial charge in [-0.3, -0.25) is 0 Å². The quantitative estimate of drug-likeness (QED) is 0.778. The molecule has 2 atom stereocenters. The van der Waals surface area contributed by atoms with E-state index in [0.29, 0.717) is 18.8 Å². The summed E-state index contributed by atoms with van der Waals surface area (Å²) in [4.78, 5) is 0. The first-order valence-electron chi connectivity index (χ1n) is 7.11. The zero-order valence-corrected chi connectivity index (χ0v) is 12.8. The van der Waals surface area contributed by atoms with Gasteiger partial charge >= 0.3 is 0 Å². The van der Waals surface area contributed by atoms with Crippen LogP contribution in [0.25, 0.3) is 0 Å². The van der Waals surface area contributed by atoms with E-state index in [-0.39, 0.29) is 5.41 Å². The molecule has 4 heteroatoms. The second-order valence-corrected chi connectivity index (χ2v) is 5.81. The minimum absolute atomic E-state index is 0.203. The number of hydrogen-bond donors (Lipinski definition) is 1. The van der Waals surface area contributed by atoms with Gasteiger partial charge in [0.15, 0.2) is 0 Å². The van der Waals surface area contributed by atoms with Gasteiger partial charge in [-0.15, -0.1) is 0 Å². The van der Waals surface area contributed by atoms with Crippen LogP contribution in [0.1, 0.15) is 20.3 Å². The van der Waals surface area contributed by atoms with Crippen molar-refractivity contribution < 1.29 is 14.2 Å². The van der Waals surface area contributed by atoms with Crippen molar-refractivity contribution >= 4 is 0 Å². The van der Waals surface area contributed by atoms with E-state index in [1.807, 2.05) is 24.3 Å². The van der Waals surface area contributed by atoms with E-state index in [9.17, 15) is 0 Å². The summed E-state index contributed by atoms with van der Waals surface area (Å²) in [5.74, 6) is 1.72. The number of benzene rings is 1. The normalized spacial score (nSPS) is 24.0. The molecule has 0 spiro atoms. The van der Waals surface area contributed by atoms with Crippen LogP contribution < -0.4 is 14.8 Å². The summed E-state index contributed by atoms with van der Waals surface area (Å²) in [7, 11) is 3.45. The summed E-state index contributed by atoms with van der Waals surface area (Å²) in [6, 6.07) is 8.16. The Morgan fingerprint density at radius 2 is 1.80 bits per heavy atom. The average molecular weight is 279 g/mol. The Hall–Kier alpha value is -1.26. The Balaban J connectivity index is 1.67. The van der Waals surface area contributed by atoms with Gasteiger partial charge < -0.3 is 19.5 Å². The Labute approximate surface area is 121 Å². The van der Waals surface area contributed by atoms with Gasteiger partial charge in [0, 0.05) is 25.1 Å². The van der Waals surface area contributed by atoms with Crippen LogP contribution in [0.4, 0.5) is 0 Å². The largest absolute Gasteiger partial charge is 0.497 e. The van der Waals surface area contributed by atoms with Crippen molar-refractivity contribution in [3.63, 3.8) is 0 Å². The van der Waals surface area contributed by atoms with Gasteiger partial charge in [-0.05, 0) is 30.7 Å². The van der Waals surface area contributed by atoms with Crippen LogP contribution >= 0.6 is 0 Å². The van der Waals surface area contributed by atoms with Crippen molar-refractivity contribution in [2.24, 2.45) is 5.41 Å². The molecule has 0 aliphatic heterocycles. The third-order valence-corrected chi connectivity index (χ3v) is 4.28. The van der Waals surface area contributed by atoms with Crippen molar-refractivity contribution in [2.45, 2.75) is 32.4 Å². The molecule has 0 amide bonds. The Kier molecular flexibility index (Phi) is 4.89. The van der Waals surface area contributed by atoms with Gasteiger partial charge in [0.2, 0.25) is 0 Å². The van der Waals surface area contributed by atoms with E-state index in [1.54, 1.807) is 14.2 Å². The zero-order chi connectivity index (χ0) is 14.6. The van der Waals surface area contributed by atoms with Crippen molar-refractivity contribution in [1.82, 2.24) is 5.32 Å². The fraction of sp³-hybridized carbons (Fsp3) is 0.625. The highest BCUT2D eigenvalue weighted by molar-refractivity contribution is 5.31. The molecule has 1 N–H and O–H groups in total. The first kappa shape index (κ1) is 15.1. The van der Waals surface area contributed by atoms with Gasteiger partial charge in [-0.25, -0.2) is 0 Å². The predicted octanol–water partition coefficient (Wildman–Crippen LogP) is 2.48. The maximum absolute atomic E-state index is 5.70. The monoisotopic (exact) mass is 279 g/mol. The second-order valence-electron chi connectivity index (χ2n) is 5.81. The maximum atomic E-state index is 5.70. The molecule has 112 valence electrons. The SMILES string of the molecule is COc1ccc(OCCNC2CC(OC)C2(C)C)cc1. The summed E-state index contributed by atoms with van der Waals surface area (Å²) in [5.41, 5.74) is 0.203. The summed E-state index contributed by atoms with van der Waals surface area (Å²) < 4.78 is 16.3. The van der Waals surface area contributed by atoms with Crippen molar-refractivity contribution in [2.75, 3.05) is 27.4 Å². The van der Waals surface area contributed by atoms with E-state index in [2.05, 4.69) is 19.2 Å². The van der Waals surface area contributed by atoms with Gasteiger partial charge in [0.05, 0.1) is 13.2 Å². The first-order chi connectivity index (χ1) is 9.57. The molecule has 4 nitrogen and oxygen atoms in total. The van der Waals surface area contributed by atoms with Crippen LogP contribution in [0.2, 0.25) is 0 Å². The zero-order valence-electron chi connectivity index (χ0n) is 12.8. The van der Waals surface area contributed by atoms with Gasteiger partial charge in [-0.2, -0.15) is 0 Å². The van der Waals surface area contributed by atoms with E-state index in [4.69, 9.17) is 14.2 Å². The van der Waals surface area contributed by atoms with Crippen molar-refractivity contribution in [3.8, 4) is 11.5 Å². The third-order valence-electron chi connectivity index (χ3n) is 4.28. The third kappa shape index (κ3) is 3.25. The number of ether oxygens (including phenoxy) is 3. The van der Waals surface area contributed by atoms with Crippen LogP contribution in [-0.2, 0) is 4.74 Å². The summed E-state index contributed by atoms with van der Waals surface area (Å²) >= 11 is 0. The molecule has 1 aliphatic rings. The fourth-order valence-electron chi connectivity index (χ4n) is 2.71. The lowest BCUT2D eigenvalue weighted by Gasteiger charge is -2.51. The average Bonchev–Trinajstić information content (AvgIpc) is 2.46. The number of rotatable bonds is 7. The van der Waals surface area contributed by atoms with Gasteiger partial charge in [0.1, 0.15) is 18.1 Å². The Bertz CT molecular complexity index is 416. The van der Waals surface area contributed by atoms with E-state index in [0.717, 1.165) is 24.5 Å². The van der Waals surface area contributed by atoms with Crippen LogP contribution in [0, 0.1) is 5.41 Å². The minimum Gasteiger partial charge on any atom is -0.497 e. The standard InChI is InChI=1S/C16H25NO3/c1-16(2)14(11-15(16)19-4)17-9-10-20-13-7-5-12(18-3)6-8-13/h5-8,14-15,17H,9-11H2,1-4H3. The molecule has 1 aromatic carbocycles. The molecule has 0 bridgehead atoms. The van der Waals surface area contributed by atoms with Gasteiger partial charge in [-0.1, -0.05) is 13.8 Å². The van der Waals surface area contributed by atoms with Crippen molar-refractivity contribution in [3.05, 3.63) is 24.3 Å². The molecule has 1 aromatic rings. The summed E-state index contributed by atoms with van der Waals surface area (Å²) in [5, 5.41) is 3.54. The fourth-order valence-corrected chi connectivity index (χ4v) is 2.71. The smallest absolute Gasteiger partial charge is 0.119 e. The molecule has 0 saturated heterocycles. The van der Waals surface area contributed by atoms with Crippen LogP contribution in [0.15, 0.2) is 24.3 Å². The molecular formula is C16H25NO3. The van der Waals surface area contributed by atoms with E-state index < -0.39 is 0 Å². The molecule has 2 unspecified atom stereocenters. The van der Waals surface area contributed by atoms with Crippen LogP contribution in [0.5, 0.6) is 11.5 Å². The lowest BCUT2D eigenvalue weighted by molar-refractivity contribution is -0.0976. The number of methoxy groups -OCH3 is 2. The molecular weight excluding hydrogens is 254 g/mol. The summed E-state index contributed by atoms with van der Waals surface area (Å²) in [6.45, 7) is 5.99. The van der Waals surface area contributed by atoms with E-state index >= 15 is 0 Å². The molecule has 2 rings (SSSR count). The van der Waals surface area contributed by atoms with E-state index in [1.165, 1.54) is 0 Å². The maximum Gasteiger partial charge on any atom is 0.119 e. The molecule has 0 radical (unpaired) electrons. The highest BCUT2D eigenvalue weighted by Gasteiger charge is 2.47. The Morgan fingerprint density at radius 3 is 2.35 bits per heavy atom. The highest BCUT2D eigenvalue weighted by Crippen LogP contribution is 2.42. The topological polar surface area (TPSA) is 39.7 Å². The molecule has 1 aliphatic carbocycles. The highest BCUT2D eigenvalue weighted by atomic mass is 16.5. The first-order valence-corrected chi connectivity index (χ1v) is 7.11. The molecule has 0 heterocycles. The second kappa shape index (κ2) is 6.46. The minimum atomic E-state index is 0.203. The lowest BCUT2D eigenvalue weighted by Crippen LogP contribution is -2.61. The van der Waals surface area contributed by atoms with Crippen molar-refractivity contribution in [1.29, 1.82) is 0 Å². The molecule has 1 fully saturated rings. The van der Waals surface area contributed by atoms with Crippen LogP contribution in [-0.4, -0.2) is 39.5 Å². The summed E-state index contributed by atoms with van der Waals surface area (Å²) in [6.07, 6.45) is 1.44.